The predicted octanol–water partition coefficient (Wildman–Crippen LogP) is 2.65. The second-order valence-corrected chi connectivity index (χ2v) is 7.34. The van der Waals surface area contributed by atoms with Gasteiger partial charge in [-0.2, -0.15) is 4.98 Å². The summed E-state index contributed by atoms with van der Waals surface area (Å²) >= 11 is 0. The molecule has 3 rings (SSSR count). The van der Waals surface area contributed by atoms with Crippen LogP contribution in [0.15, 0.2) is 47.5 Å². The van der Waals surface area contributed by atoms with Gasteiger partial charge in [0.25, 0.3) is 0 Å². The second kappa shape index (κ2) is 6.40. The maximum Gasteiger partial charge on any atom is 0.233 e. The smallest absolute Gasteiger partial charge is 0.233 e. The number of ether oxygens (including phenoxy) is 2. The van der Waals surface area contributed by atoms with Crippen molar-refractivity contribution < 1.29 is 13.7 Å². The number of rotatable bonds is 5. The predicted molar refractivity (Wildman–Crippen MR) is 89.7 cm³/mol. The van der Waals surface area contributed by atoms with Crippen molar-refractivity contribution in [3.63, 3.8) is 0 Å². The van der Waals surface area contributed by atoms with Gasteiger partial charge in [-0.05, 0) is 23.8 Å². The van der Waals surface area contributed by atoms with Crippen LogP contribution < -0.4 is 9.47 Å². The standard InChI is InChI=1S/C16H16N4O3S/c1-22-14-8-7-13-16(20-14)18-9-15(19-13)23-10-11-3-5-12(6-4-11)24(2,17)21/h3-9,17H,10H2,1-2H3. The van der Waals surface area contributed by atoms with Gasteiger partial charge >= 0.3 is 0 Å². The molecule has 1 N–H and O–H groups in total. The number of pyridine rings is 1. The van der Waals surface area contributed by atoms with E-state index in [4.69, 9.17) is 14.3 Å². The minimum absolute atomic E-state index is 0.299. The molecule has 3 aromatic rings. The van der Waals surface area contributed by atoms with E-state index in [1.807, 2.05) is 0 Å². The number of hydrogen-bond donors (Lipinski definition) is 1. The monoisotopic (exact) mass is 344 g/mol. The molecular formula is C16H16N4O3S. The highest BCUT2D eigenvalue weighted by Gasteiger charge is 2.06. The van der Waals surface area contributed by atoms with Crippen LogP contribution >= 0.6 is 0 Å². The van der Waals surface area contributed by atoms with Crippen LogP contribution in [-0.2, 0) is 16.3 Å². The Morgan fingerprint density at radius 2 is 1.83 bits per heavy atom. The van der Waals surface area contributed by atoms with Gasteiger partial charge in [-0.1, -0.05) is 12.1 Å². The molecule has 7 nitrogen and oxygen atoms in total. The van der Waals surface area contributed by atoms with Crippen molar-refractivity contribution in [3.8, 4) is 11.8 Å². The van der Waals surface area contributed by atoms with Crippen molar-refractivity contribution in [2.75, 3.05) is 13.4 Å². The summed E-state index contributed by atoms with van der Waals surface area (Å²) in [5.41, 5.74) is 1.99. The molecule has 0 spiro atoms. The SMILES string of the molecule is COc1ccc2nc(OCc3ccc(S(C)(=N)=O)cc3)cnc2n1. The maximum absolute atomic E-state index is 11.7. The molecule has 1 unspecified atom stereocenters. The Kier molecular flexibility index (Phi) is 4.30. The average Bonchev–Trinajstić information content (AvgIpc) is 2.59. The van der Waals surface area contributed by atoms with E-state index >= 15 is 0 Å². The zero-order valence-corrected chi connectivity index (χ0v) is 14.0. The highest BCUT2D eigenvalue weighted by atomic mass is 32.2. The lowest BCUT2D eigenvalue weighted by Crippen LogP contribution is -2.00. The van der Waals surface area contributed by atoms with Gasteiger partial charge in [-0.3, -0.25) is 0 Å². The molecule has 24 heavy (non-hydrogen) atoms. The molecule has 1 aromatic carbocycles. The zero-order chi connectivity index (χ0) is 17.2. The van der Waals surface area contributed by atoms with Crippen molar-refractivity contribution in [2.45, 2.75) is 11.5 Å². The number of aromatic nitrogens is 3. The van der Waals surface area contributed by atoms with Crippen LogP contribution in [0.5, 0.6) is 11.8 Å². The van der Waals surface area contributed by atoms with Crippen LogP contribution in [0.25, 0.3) is 11.2 Å². The first-order valence-electron chi connectivity index (χ1n) is 7.09. The number of nitrogens with zero attached hydrogens (tertiary/aromatic N) is 3. The molecule has 0 aliphatic rings. The van der Waals surface area contributed by atoms with Gasteiger partial charge in [0.2, 0.25) is 11.8 Å². The van der Waals surface area contributed by atoms with Crippen molar-refractivity contribution in [3.05, 3.63) is 48.2 Å². The van der Waals surface area contributed by atoms with E-state index in [2.05, 4.69) is 15.0 Å². The van der Waals surface area contributed by atoms with Crippen molar-refractivity contribution in [2.24, 2.45) is 0 Å². The highest BCUT2D eigenvalue weighted by molar-refractivity contribution is 7.91. The van der Waals surface area contributed by atoms with Crippen LogP contribution in [0.3, 0.4) is 0 Å². The molecule has 0 saturated heterocycles. The number of fused-ring (bicyclic) bond motifs is 1. The van der Waals surface area contributed by atoms with E-state index < -0.39 is 9.73 Å². The van der Waals surface area contributed by atoms with Gasteiger partial charge in [0.05, 0.1) is 23.0 Å². The van der Waals surface area contributed by atoms with Crippen molar-refractivity contribution in [1.29, 1.82) is 4.78 Å². The molecule has 0 radical (unpaired) electrons. The first-order chi connectivity index (χ1) is 11.5. The molecular weight excluding hydrogens is 328 g/mol. The Morgan fingerprint density at radius 3 is 2.50 bits per heavy atom. The fraction of sp³-hybridized carbons (Fsp3) is 0.188. The molecule has 2 heterocycles. The third-order valence-corrected chi connectivity index (χ3v) is 4.50. The van der Waals surface area contributed by atoms with Gasteiger partial charge < -0.3 is 9.47 Å². The summed E-state index contributed by atoms with van der Waals surface area (Å²) < 4.78 is 29.9. The lowest BCUT2D eigenvalue weighted by Gasteiger charge is -2.07. The van der Waals surface area contributed by atoms with E-state index in [1.54, 1.807) is 43.5 Å². The number of nitrogens with one attached hydrogen (secondary N) is 1. The Bertz CT molecular complexity index is 972. The number of benzene rings is 1. The first-order valence-corrected chi connectivity index (χ1v) is 9.06. The van der Waals surface area contributed by atoms with Gasteiger partial charge in [-0.25, -0.2) is 19.0 Å². The summed E-state index contributed by atoms with van der Waals surface area (Å²) in [6, 6.07) is 10.4. The van der Waals surface area contributed by atoms with Gasteiger partial charge in [-0.15, -0.1) is 0 Å². The molecule has 0 saturated carbocycles. The van der Waals surface area contributed by atoms with Crippen LogP contribution in [0, 0.1) is 4.78 Å². The second-order valence-electron chi connectivity index (χ2n) is 5.18. The minimum atomic E-state index is -2.70. The fourth-order valence-corrected chi connectivity index (χ4v) is 2.71. The third kappa shape index (κ3) is 3.60. The quantitative estimate of drug-likeness (QED) is 0.764. The molecule has 0 aliphatic carbocycles. The number of hydrogen-bond acceptors (Lipinski definition) is 7. The van der Waals surface area contributed by atoms with E-state index in [1.165, 1.54) is 12.5 Å². The lowest BCUT2D eigenvalue weighted by atomic mass is 10.2. The Morgan fingerprint density at radius 1 is 1.08 bits per heavy atom. The summed E-state index contributed by atoms with van der Waals surface area (Å²) in [7, 11) is -1.15. The molecule has 124 valence electrons. The molecule has 0 aliphatic heterocycles. The summed E-state index contributed by atoms with van der Waals surface area (Å²) in [5, 5.41) is 0. The number of methoxy groups -OCH3 is 1. The Balaban J connectivity index is 1.73. The molecule has 0 bridgehead atoms. The van der Waals surface area contributed by atoms with Crippen LogP contribution in [0.4, 0.5) is 0 Å². The van der Waals surface area contributed by atoms with Crippen molar-refractivity contribution in [1.82, 2.24) is 15.0 Å². The highest BCUT2D eigenvalue weighted by Crippen LogP contribution is 2.17. The minimum Gasteiger partial charge on any atom is -0.481 e. The van der Waals surface area contributed by atoms with Crippen molar-refractivity contribution >= 4 is 20.9 Å². The summed E-state index contributed by atoms with van der Waals surface area (Å²) in [6.07, 6.45) is 2.90. The maximum atomic E-state index is 11.7. The molecule has 8 heteroatoms. The first kappa shape index (κ1) is 16.1. The van der Waals surface area contributed by atoms with E-state index in [-0.39, 0.29) is 0 Å². The largest absolute Gasteiger partial charge is 0.481 e. The molecule has 0 fully saturated rings. The normalized spacial score (nSPS) is 13.4. The fourth-order valence-electron chi connectivity index (χ4n) is 2.06. The topological polar surface area (TPSA) is 98.1 Å². The summed E-state index contributed by atoms with van der Waals surface area (Å²) in [4.78, 5) is 13.2. The van der Waals surface area contributed by atoms with Gasteiger partial charge in [0, 0.05) is 17.2 Å². The van der Waals surface area contributed by atoms with E-state index in [0.717, 1.165) is 5.56 Å². The summed E-state index contributed by atoms with van der Waals surface area (Å²) in [6.45, 7) is 0.299. The van der Waals surface area contributed by atoms with E-state index in [0.29, 0.717) is 34.4 Å². The Labute approximate surface area is 139 Å². The average molecular weight is 344 g/mol. The molecule has 1 atom stereocenters. The van der Waals surface area contributed by atoms with Gasteiger partial charge in [0.1, 0.15) is 12.1 Å². The molecule has 0 amide bonds. The van der Waals surface area contributed by atoms with Gasteiger partial charge in [0.15, 0.2) is 5.65 Å². The lowest BCUT2D eigenvalue weighted by molar-refractivity contribution is 0.293. The third-order valence-electron chi connectivity index (χ3n) is 3.33. The van der Waals surface area contributed by atoms with E-state index in [9.17, 15) is 4.21 Å². The van der Waals surface area contributed by atoms with Crippen LogP contribution in [-0.4, -0.2) is 32.5 Å². The zero-order valence-electron chi connectivity index (χ0n) is 13.2. The van der Waals surface area contributed by atoms with Crippen LogP contribution in [0.2, 0.25) is 0 Å². The molecule has 2 aromatic heterocycles. The Hall–Kier alpha value is -2.74. The summed E-state index contributed by atoms with van der Waals surface area (Å²) in [5.74, 6) is 0.866. The van der Waals surface area contributed by atoms with Crippen LogP contribution in [0.1, 0.15) is 5.56 Å².